The Kier molecular flexibility index (Phi) is 5.10. The second-order valence-corrected chi connectivity index (χ2v) is 6.29. The van der Waals surface area contributed by atoms with Crippen LogP contribution < -0.4 is 10.6 Å². The van der Waals surface area contributed by atoms with E-state index < -0.39 is 5.54 Å². The Morgan fingerprint density at radius 2 is 2.00 bits per heavy atom. The molecule has 7 heteroatoms. The van der Waals surface area contributed by atoms with Gasteiger partial charge in [0.2, 0.25) is 0 Å². The van der Waals surface area contributed by atoms with Gasteiger partial charge in [-0.3, -0.25) is 15.0 Å². The van der Waals surface area contributed by atoms with Crippen LogP contribution >= 0.6 is 0 Å². The Morgan fingerprint density at radius 3 is 2.71 bits per heavy atom. The van der Waals surface area contributed by atoms with Crippen molar-refractivity contribution in [2.24, 2.45) is 0 Å². The Hall–Kier alpha value is -2.41. The average Bonchev–Trinajstić information content (AvgIpc) is 3.24. The normalized spacial score (nSPS) is 16.0. The number of aliphatic hydroxyl groups excluding tert-OH is 1. The van der Waals surface area contributed by atoms with Gasteiger partial charge in [-0.05, 0) is 37.0 Å². The quantitative estimate of drug-likeness (QED) is 0.755. The van der Waals surface area contributed by atoms with E-state index in [0.29, 0.717) is 5.82 Å². The number of pyridine rings is 1. The maximum absolute atomic E-state index is 12.1. The van der Waals surface area contributed by atoms with Gasteiger partial charge in [0.05, 0.1) is 12.1 Å². The van der Waals surface area contributed by atoms with Crippen molar-refractivity contribution in [3.05, 3.63) is 42.4 Å². The van der Waals surface area contributed by atoms with Crippen molar-refractivity contribution < 1.29 is 9.90 Å². The number of aromatic nitrogens is 3. The highest BCUT2D eigenvalue weighted by Crippen LogP contribution is 2.29. The molecule has 1 saturated carbocycles. The summed E-state index contributed by atoms with van der Waals surface area (Å²) in [6.07, 6.45) is 9.94. The second-order valence-electron chi connectivity index (χ2n) is 6.29. The van der Waals surface area contributed by atoms with Crippen molar-refractivity contribution in [3.63, 3.8) is 0 Å². The molecule has 0 bridgehead atoms. The zero-order valence-corrected chi connectivity index (χ0v) is 13.6. The molecule has 0 spiro atoms. The molecule has 128 valence electrons. The van der Waals surface area contributed by atoms with Gasteiger partial charge < -0.3 is 10.4 Å². The molecule has 2 aromatic rings. The molecule has 3 rings (SSSR count). The number of aryl methyl sites for hydroxylation is 2. The molecular formula is C17H23N5O2. The highest BCUT2D eigenvalue weighted by atomic mass is 16.3. The van der Waals surface area contributed by atoms with Gasteiger partial charge in [0.1, 0.15) is 0 Å². The van der Waals surface area contributed by atoms with Crippen molar-refractivity contribution in [3.8, 4) is 0 Å². The fraction of sp³-hybridized carbons (Fsp3) is 0.471. The van der Waals surface area contributed by atoms with Gasteiger partial charge >= 0.3 is 6.03 Å². The monoisotopic (exact) mass is 329 g/mol. The number of rotatable bonds is 6. The lowest BCUT2D eigenvalue weighted by molar-refractivity contribution is 0.167. The molecule has 0 aromatic carbocycles. The van der Waals surface area contributed by atoms with Crippen molar-refractivity contribution in [1.29, 1.82) is 0 Å². The van der Waals surface area contributed by atoms with Crippen LogP contribution in [0.15, 0.2) is 36.8 Å². The summed E-state index contributed by atoms with van der Waals surface area (Å²) in [5.74, 6) is 0.508. The zero-order valence-electron chi connectivity index (χ0n) is 13.6. The van der Waals surface area contributed by atoms with Crippen LogP contribution in [-0.4, -0.2) is 38.0 Å². The SMILES string of the molecule is O=C(Nc1ccn(CCc2ccncc2)n1)NC1(CO)CCCC1. The van der Waals surface area contributed by atoms with Crippen molar-refractivity contribution in [1.82, 2.24) is 20.1 Å². The van der Waals surface area contributed by atoms with Crippen LogP contribution in [0.3, 0.4) is 0 Å². The summed E-state index contributed by atoms with van der Waals surface area (Å²) in [5.41, 5.74) is 0.715. The van der Waals surface area contributed by atoms with Gasteiger partial charge in [0.15, 0.2) is 5.82 Å². The van der Waals surface area contributed by atoms with E-state index in [1.54, 1.807) is 23.1 Å². The Labute approximate surface area is 141 Å². The fourth-order valence-electron chi connectivity index (χ4n) is 3.11. The van der Waals surface area contributed by atoms with Gasteiger partial charge in [-0.25, -0.2) is 4.79 Å². The second kappa shape index (κ2) is 7.44. The molecule has 0 radical (unpaired) electrons. The number of urea groups is 1. The number of hydrogen-bond acceptors (Lipinski definition) is 4. The van der Waals surface area contributed by atoms with E-state index in [4.69, 9.17) is 0 Å². The Balaban J connectivity index is 1.51. The number of nitrogens with zero attached hydrogens (tertiary/aromatic N) is 3. The Bertz CT molecular complexity index is 665. The fourth-order valence-corrected chi connectivity index (χ4v) is 3.11. The highest BCUT2D eigenvalue weighted by Gasteiger charge is 2.34. The van der Waals surface area contributed by atoms with Gasteiger partial charge in [0, 0.05) is 31.2 Å². The van der Waals surface area contributed by atoms with Crippen molar-refractivity contribution in [2.75, 3.05) is 11.9 Å². The maximum atomic E-state index is 12.1. The minimum atomic E-state index is -0.478. The molecular weight excluding hydrogens is 306 g/mol. The maximum Gasteiger partial charge on any atom is 0.320 e. The standard InChI is InChI=1S/C17H23N5O2/c23-13-17(7-1-2-8-17)20-16(24)19-15-6-12-22(21-15)11-5-14-3-9-18-10-4-14/h3-4,6,9-10,12,23H,1-2,5,7-8,11,13H2,(H2,19,20,21,24). The lowest BCUT2D eigenvalue weighted by atomic mass is 9.99. The van der Waals surface area contributed by atoms with Crippen LogP contribution in [-0.2, 0) is 13.0 Å². The molecule has 0 atom stereocenters. The molecule has 0 unspecified atom stereocenters. The molecule has 2 amide bonds. The van der Waals surface area contributed by atoms with E-state index in [2.05, 4.69) is 20.7 Å². The smallest absolute Gasteiger partial charge is 0.320 e. The van der Waals surface area contributed by atoms with Gasteiger partial charge in [-0.1, -0.05) is 12.8 Å². The van der Waals surface area contributed by atoms with Crippen LogP contribution in [0.5, 0.6) is 0 Å². The predicted octanol–water partition coefficient (Wildman–Crippen LogP) is 1.95. The van der Waals surface area contributed by atoms with Crippen LogP contribution in [0.1, 0.15) is 31.2 Å². The number of nitrogens with one attached hydrogen (secondary N) is 2. The van der Waals surface area contributed by atoms with Crippen LogP contribution in [0.4, 0.5) is 10.6 Å². The molecule has 1 aliphatic rings. The third-order valence-corrected chi connectivity index (χ3v) is 4.50. The third kappa shape index (κ3) is 4.11. The minimum Gasteiger partial charge on any atom is -0.394 e. The van der Waals surface area contributed by atoms with Gasteiger partial charge in [-0.15, -0.1) is 0 Å². The first kappa shape index (κ1) is 16.4. The molecule has 2 aromatic heterocycles. The molecule has 1 aliphatic carbocycles. The molecule has 7 nitrogen and oxygen atoms in total. The Morgan fingerprint density at radius 1 is 1.25 bits per heavy atom. The zero-order chi connectivity index (χ0) is 16.8. The van der Waals surface area contributed by atoms with Crippen molar-refractivity contribution in [2.45, 2.75) is 44.2 Å². The van der Waals surface area contributed by atoms with Crippen LogP contribution in [0.2, 0.25) is 0 Å². The average molecular weight is 329 g/mol. The number of amides is 2. The number of carbonyl (C=O) groups excluding carboxylic acids is 1. The summed E-state index contributed by atoms with van der Waals surface area (Å²) in [7, 11) is 0. The molecule has 3 N–H and O–H groups in total. The van der Waals surface area contributed by atoms with Crippen molar-refractivity contribution >= 4 is 11.8 Å². The van der Waals surface area contributed by atoms with E-state index in [0.717, 1.165) is 38.6 Å². The first-order valence-corrected chi connectivity index (χ1v) is 8.32. The largest absolute Gasteiger partial charge is 0.394 e. The molecule has 0 aliphatic heterocycles. The van der Waals surface area contributed by atoms with Crippen LogP contribution in [0, 0.1) is 0 Å². The summed E-state index contributed by atoms with van der Waals surface area (Å²) in [6.45, 7) is 0.703. The number of carbonyl (C=O) groups is 1. The lowest BCUT2D eigenvalue weighted by Crippen LogP contribution is -2.50. The van der Waals surface area contributed by atoms with E-state index in [9.17, 15) is 9.90 Å². The summed E-state index contributed by atoms with van der Waals surface area (Å²) in [5, 5.41) is 19.5. The molecule has 1 fully saturated rings. The van der Waals surface area contributed by atoms with Crippen LogP contribution in [0.25, 0.3) is 0 Å². The minimum absolute atomic E-state index is 0.0270. The molecule has 0 saturated heterocycles. The number of aliphatic hydroxyl groups is 1. The highest BCUT2D eigenvalue weighted by molar-refractivity contribution is 5.88. The van der Waals surface area contributed by atoms with E-state index in [1.165, 1.54) is 5.56 Å². The first-order chi connectivity index (χ1) is 11.7. The number of hydrogen-bond donors (Lipinski definition) is 3. The van der Waals surface area contributed by atoms with E-state index in [1.807, 2.05) is 18.3 Å². The number of anilines is 1. The summed E-state index contributed by atoms with van der Waals surface area (Å²) < 4.78 is 1.80. The summed E-state index contributed by atoms with van der Waals surface area (Å²) >= 11 is 0. The summed E-state index contributed by atoms with van der Waals surface area (Å²) in [6, 6.07) is 5.41. The van der Waals surface area contributed by atoms with Gasteiger partial charge in [0.25, 0.3) is 0 Å². The molecule has 24 heavy (non-hydrogen) atoms. The topological polar surface area (TPSA) is 92.1 Å². The van der Waals surface area contributed by atoms with Gasteiger partial charge in [-0.2, -0.15) is 5.10 Å². The summed E-state index contributed by atoms with van der Waals surface area (Å²) in [4.78, 5) is 16.1. The van der Waals surface area contributed by atoms with E-state index >= 15 is 0 Å². The lowest BCUT2D eigenvalue weighted by Gasteiger charge is -2.27. The molecule has 2 heterocycles. The first-order valence-electron chi connectivity index (χ1n) is 8.32. The predicted molar refractivity (Wildman–Crippen MR) is 90.6 cm³/mol. The third-order valence-electron chi connectivity index (χ3n) is 4.50. The van der Waals surface area contributed by atoms with E-state index in [-0.39, 0.29) is 12.6 Å².